The minimum atomic E-state index is -1.07. The average Bonchev–Trinajstić information content (AvgIpc) is 2.45. The Morgan fingerprint density at radius 1 is 1.52 bits per heavy atom. The van der Waals surface area contributed by atoms with E-state index in [1.807, 2.05) is 6.07 Å². The van der Waals surface area contributed by atoms with Gasteiger partial charge in [0.05, 0.1) is 0 Å². The Balaban J connectivity index is 2.32. The summed E-state index contributed by atoms with van der Waals surface area (Å²) in [6, 6.07) is 8.66. The van der Waals surface area contributed by atoms with Gasteiger partial charge in [-0.25, -0.2) is 9.78 Å². The highest BCUT2D eigenvalue weighted by Crippen LogP contribution is 2.29. The summed E-state index contributed by atoms with van der Waals surface area (Å²) in [7, 11) is 0. The Morgan fingerprint density at radius 3 is 2.95 bits per heavy atom. The van der Waals surface area contributed by atoms with Gasteiger partial charge in [0.25, 0.3) is 0 Å². The molecule has 1 aromatic carbocycles. The lowest BCUT2D eigenvalue weighted by atomic mass is 10.1. The van der Waals surface area contributed by atoms with Gasteiger partial charge in [-0.3, -0.25) is 0 Å². The van der Waals surface area contributed by atoms with Gasteiger partial charge >= 0.3 is 5.97 Å². The van der Waals surface area contributed by atoms with Gasteiger partial charge in [0.15, 0.2) is 0 Å². The van der Waals surface area contributed by atoms with Crippen LogP contribution in [0.25, 0.3) is 0 Å². The summed E-state index contributed by atoms with van der Waals surface area (Å²) in [5.74, 6) is -0.778. The summed E-state index contributed by atoms with van der Waals surface area (Å²) in [5, 5.41) is 18.2. The SMILES string of the molecule is Cc1cc(Br)cc(C(=O)O)c1OCc1cccnc1C#N. The number of aromatic carboxylic acids is 1. The van der Waals surface area contributed by atoms with Gasteiger partial charge in [-0.05, 0) is 30.7 Å². The molecule has 106 valence electrons. The first kappa shape index (κ1) is 15.0. The lowest BCUT2D eigenvalue weighted by molar-refractivity contribution is 0.0691. The fourth-order valence-corrected chi connectivity index (χ4v) is 2.46. The zero-order valence-electron chi connectivity index (χ0n) is 11.1. The molecule has 1 heterocycles. The molecule has 1 aromatic heterocycles. The Morgan fingerprint density at radius 2 is 2.29 bits per heavy atom. The van der Waals surface area contributed by atoms with E-state index < -0.39 is 5.97 Å². The molecule has 0 unspecified atom stereocenters. The van der Waals surface area contributed by atoms with E-state index >= 15 is 0 Å². The number of aromatic nitrogens is 1. The number of aryl methyl sites for hydroxylation is 1. The minimum Gasteiger partial charge on any atom is -0.488 e. The van der Waals surface area contributed by atoms with Crippen molar-refractivity contribution in [2.45, 2.75) is 13.5 Å². The lowest BCUT2D eigenvalue weighted by Gasteiger charge is -2.13. The van der Waals surface area contributed by atoms with Crippen LogP contribution in [0.15, 0.2) is 34.9 Å². The molecule has 2 aromatic rings. The lowest BCUT2D eigenvalue weighted by Crippen LogP contribution is -2.06. The second kappa shape index (κ2) is 6.37. The molecule has 1 N–H and O–H groups in total. The van der Waals surface area contributed by atoms with Crippen molar-refractivity contribution in [3.05, 3.63) is 57.3 Å². The maximum Gasteiger partial charge on any atom is 0.339 e. The average molecular weight is 347 g/mol. The van der Waals surface area contributed by atoms with Crippen molar-refractivity contribution in [1.82, 2.24) is 4.98 Å². The number of nitrogens with zero attached hydrogens (tertiary/aromatic N) is 2. The summed E-state index contributed by atoms with van der Waals surface area (Å²) in [4.78, 5) is 15.2. The van der Waals surface area contributed by atoms with Gasteiger partial charge in [-0.15, -0.1) is 0 Å². The van der Waals surface area contributed by atoms with Crippen LogP contribution in [0.5, 0.6) is 5.75 Å². The summed E-state index contributed by atoms with van der Waals surface area (Å²) in [5.41, 5.74) is 1.65. The standard InChI is InChI=1S/C15H11BrN2O3/c1-9-5-11(16)6-12(15(19)20)14(9)21-8-10-3-2-4-18-13(10)7-17/h2-6H,8H2,1H3,(H,19,20). The third kappa shape index (κ3) is 3.38. The summed E-state index contributed by atoms with van der Waals surface area (Å²) < 4.78 is 6.29. The summed E-state index contributed by atoms with van der Waals surface area (Å²) in [6.45, 7) is 1.85. The number of hydrogen-bond acceptors (Lipinski definition) is 4. The topological polar surface area (TPSA) is 83.2 Å². The van der Waals surface area contributed by atoms with Crippen LogP contribution < -0.4 is 4.74 Å². The summed E-state index contributed by atoms with van der Waals surface area (Å²) >= 11 is 3.26. The number of benzene rings is 1. The van der Waals surface area contributed by atoms with Gasteiger partial charge in [0, 0.05) is 16.2 Å². The zero-order valence-corrected chi connectivity index (χ0v) is 12.7. The van der Waals surface area contributed by atoms with Crippen LogP contribution in [0.1, 0.15) is 27.2 Å². The number of pyridine rings is 1. The van der Waals surface area contributed by atoms with Crippen LogP contribution in [0.3, 0.4) is 0 Å². The smallest absolute Gasteiger partial charge is 0.339 e. The first-order valence-electron chi connectivity index (χ1n) is 6.03. The van der Waals surface area contributed by atoms with E-state index in [1.165, 1.54) is 12.3 Å². The maximum absolute atomic E-state index is 11.3. The van der Waals surface area contributed by atoms with Crippen molar-refractivity contribution in [3.8, 4) is 11.8 Å². The van der Waals surface area contributed by atoms with E-state index in [2.05, 4.69) is 20.9 Å². The highest BCUT2D eigenvalue weighted by molar-refractivity contribution is 9.10. The number of nitriles is 1. The number of ether oxygens (including phenoxy) is 1. The number of carboxylic acid groups (broad SMARTS) is 1. The normalized spacial score (nSPS) is 9.95. The molecule has 0 amide bonds. The second-order valence-corrected chi connectivity index (χ2v) is 5.23. The van der Waals surface area contributed by atoms with Crippen LogP contribution in [0, 0.1) is 18.3 Å². The zero-order chi connectivity index (χ0) is 15.4. The predicted octanol–water partition coefficient (Wildman–Crippen LogP) is 3.30. The molecule has 0 aliphatic carbocycles. The van der Waals surface area contributed by atoms with Crippen molar-refractivity contribution < 1.29 is 14.6 Å². The molecule has 0 saturated heterocycles. The molecule has 21 heavy (non-hydrogen) atoms. The first-order valence-corrected chi connectivity index (χ1v) is 6.82. The Hall–Kier alpha value is -2.39. The molecular formula is C15H11BrN2O3. The first-order chi connectivity index (χ1) is 10.0. The fourth-order valence-electron chi connectivity index (χ4n) is 1.89. The van der Waals surface area contributed by atoms with E-state index in [1.54, 1.807) is 25.1 Å². The van der Waals surface area contributed by atoms with E-state index in [0.717, 1.165) is 0 Å². The Labute approximate surface area is 129 Å². The van der Waals surface area contributed by atoms with Crippen LogP contribution in [-0.4, -0.2) is 16.1 Å². The Kier molecular flexibility index (Phi) is 4.55. The molecule has 0 spiro atoms. The molecule has 0 aliphatic rings. The Bertz CT molecular complexity index is 738. The molecule has 6 heteroatoms. The van der Waals surface area contributed by atoms with Crippen molar-refractivity contribution >= 4 is 21.9 Å². The van der Waals surface area contributed by atoms with Crippen LogP contribution in [0.4, 0.5) is 0 Å². The largest absolute Gasteiger partial charge is 0.488 e. The molecule has 0 saturated carbocycles. The van der Waals surface area contributed by atoms with E-state index in [4.69, 9.17) is 10.00 Å². The molecule has 0 aliphatic heterocycles. The number of carboxylic acids is 1. The number of halogens is 1. The fraction of sp³-hybridized carbons (Fsp3) is 0.133. The quantitative estimate of drug-likeness (QED) is 0.918. The van der Waals surface area contributed by atoms with Crippen LogP contribution >= 0.6 is 15.9 Å². The third-order valence-corrected chi connectivity index (χ3v) is 3.30. The molecular weight excluding hydrogens is 336 g/mol. The maximum atomic E-state index is 11.3. The number of carbonyl (C=O) groups is 1. The molecule has 0 bridgehead atoms. The highest BCUT2D eigenvalue weighted by Gasteiger charge is 2.16. The minimum absolute atomic E-state index is 0.0734. The van der Waals surface area contributed by atoms with Gasteiger partial charge < -0.3 is 9.84 Å². The molecule has 0 fully saturated rings. The van der Waals surface area contributed by atoms with E-state index in [-0.39, 0.29) is 17.9 Å². The highest BCUT2D eigenvalue weighted by atomic mass is 79.9. The van der Waals surface area contributed by atoms with Gasteiger partial charge in [-0.1, -0.05) is 22.0 Å². The van der Waals surface area contributed by atoms with Gasteiger partial charge in [0.2, 0.25) is 0 Å². The number of rotatable bonds is 4. The van der Waals surface area contributed by atoms with E-state index in [9.17, 15) is 9.90 Å². The molecule has 5 nitrogen and oxygen atoms in total. The van der Waals surface area contributed by atoms with E-state index in [0.29, 0.717) is 21.3 Å². The predicted molar refractivity (Wildman–Crippen MR) is 79.1 cm³/mol. The van der Waals surface area contributed by atoms with Gasteiger partial charge in [0.1, 0.15) is 29.7 Å². The number of hydrogen-bond donors (Lipinski definition) is 1. The molecule has 2 rings (SSSR count). The second-order valence-electron chi connectivity index (χ2n) is 4.32. The van der Waals surface area contributed by atoms with Crippen molar-refractivity contribution in [3.63, 3.8) is 0 Å². The van der Waals surface area contributed by atoms with Crippen LogP contribution in [0.2, 0.25) is 0 Å². The van der Waals surface area contributed by atoms with Crippen molar-refractivity contribution in [2.75, 3.05) is 0 Å². The molecule has 0 radical (unpaired) electrons. The van der Waals surface area contributed by atoms with Crippen LogP contribution in [-0.2, 0) is 6.61 Å². The molecule has 0 atom stereocenters. The summed E-state index contributed by atoms with van der Waals surface area (Å²) in [6.07, 6.45) is 1.52. The van der Waals surface area contributed by atoms with Crippen molar-refractivity contribution in [1.29, 1.82) is 5.26 Å². The van der Waals surface area contributed by atoms with Crippen molar-refractivity contribution in [2.24, 2.45) is 0 Å². The van der Waals surface area contributed by atoms with Gasteiger partial charge in [-0.2, -0.15) is 5.26 Å². The monoisotopic (exact) mass is 346 g/mol. The third-order valence-electron chi connectivity index (χ3n) is 2.84.